The first-order valence-electron chi connectivity index (χ1n) is 5.92. The van der Waals surface area contributed by atoms with Crippen molar-refractivity contribution in [2.24, 2.45) is 0 Å². The van der Waals surface area contributed by atoms with Crippen LogP contribution in [0.15, 0.2) is 48.1 Å². The van der Waals surface area contributed by atoms with Crippen molar-refractivity contribution < 1.29 is 0 Å². The summed E-state index contributed by atoms with van der Waals surface area (Å²) in [7, 11) is 0. The predicted octanol–water partition coefficient (Wildman–Crippen LogP) is 3.79. The molecule has 0 saturated carbocycles. The maximum Gasteiger partial charge on any atom is 0.123 e. The molecule has 3 rings (SSSR count). The number of halogens is 1. The van der Waals surface area contributed by atoms with Crippen LogP contribution in [0.25, 0.3) is 10.6 Å². The number of rotatable bonds is 4. The molecule has 0 fully saturated rings. The average Bonchev–Trinajstić information content (AvgIpc) is 3.09. The predicted molar refractivity (Wildman–Crippen MR) is 78.4 cm³/mol. The molecule has 0 N–H and O–H groups in total. The van der Waals surface area contributed by atoms with Crippen molar-refractivity contribution in [3.63, 3.8) is 0 Å². The van der Waals surface area contributed by atoms with Crippen LogP contribution in [0.1, 0.15) is 11.3 Å². The highest BCUT2D eigenvalue weighted by Crippen LogP contribution is 2.25. The molecule has 1 aromatic carbocycles. The summed E-state index contributed by atoms with van der Waals surface area (Å²) < 4.78 is 1.91. The summed E-state index contributed by atoms with van der Waals surface area (Å²) in [6.45, 7) is 0.772. The third kappa shape index (κ3) is 2.85. The van der Waals surface area contributed by atoms with Gasteiger partial charge in [0, 0.05) is 23.3 Å². The van der Waals surface area contributed by atoms with Gasteiger partial charge in [-0.3, -0.25) is 4.68 Å². The maximum absolute atomic E-state index is 5.79. The van der Waals surface area contributed by atoms with E-state index in [0.717, 1.165) is 22.8 Å². The van der Waals surface area contributed by atoms with Gasteiger partial charge in [-0.05, 0) is 17.7 Å². The molecule has 0 radical (unpaired) electrons. The van der Waals surface area contributed by atoms with Crippen LogP contribution in [0.4, 0.5) is 0 Å². The first-order valence-corrected chi connectivity index (χ1v) is 7.33. The molecular formula is C14H12ClN3S. The highest BCUT2D eigenvalue weighted by Gasteiger charge is 2.05. The smallest absolute Gasteiger partial charge is 0.123 e. The fourth-order valence-corrected chi connectivity index (χ4v) is 2.93. The fraction of sp³-hybridized carbons (Fsp3) is 0.143. The first-order chi connectivity index (χ1) is 9.35. The molecule has 2 aromatic heterocycles. The zero-order valence-corrected chi connectivity index (χ0v) is 11.7. The molecule has 0 saturated heterocycles. The second-order valence-corrected chi connectivity index (χ2v) is 5.31. The monoisotopic (exact) mass is 289 g/mol. The van der Waals surface area contributed by atoms with E-state index >= 15 is 0 Å². The van der Waals surface area contributed by atoms with Crippen LogP contribution in [0, 0.1) is 0 Å². The lowest BCUT2D eigenvalue weighted by molar-refractivity contribution is 0.687. The van der Waals surface area contributed by atoms with E-state index in [9.17, 15) is 0 Å². The molecular weight excluding hydrogens is 278 g/mol. The van der Waals surface area contributed by atoms with Crippen LogP contribution >= 0.6 is 22.9 Å². The van der Waals surface area contributed by atoms with Gasteiger partial charge in [0.2, 0.25) is 0 Å². The minimum atomic E-state index is 0.462. The lowest BCUT2D eigenvalue weighted by Crippen LogP contribution is -1.99. The Kier molecular flexibility index (Phi) is 3.62. The van der Waals surface area contributed by atoms with Crippen LogP contribution in [-0.4, -0.2) is 14.8 Å². The molecule has 0 aliphatic carbocycles. The number of benzene rings is 1. The van der Waals surface area contributed by atoms with Gasteiger partial charge in [0.05, 0.1) is 18.1 Å². The Hall–Kier alpha value is -1.65. The number of nitrogens with zero attached hydrogens (tertiary/aromatic N) is 3. The molecule has 0 unspecified atom stereocenters. The fourth-order valence-electron chi connectivity index (χ4n) is 1.88. The third-order valence-electron chi connectivity index (χ3n) is 2.77. The van der Waals surface area contributed by atoms with E-state index in [1.165, 1.54) is 5.56 Å². The van der Waals surface area contributed by atoms with Gasteiger partial charge in [-0.1, -0.05) is 18.2 Å². The second-order valence-electron chi connectivity index (χ2n) is 4.18. The van der Waals surface area contributed by atoms with Gasteiger partial charge in [-0.15, -0.1) is 22.9 Å². The summed E-state index contributed by atoms with van der Waals surface area (Å²) in [6.07, 6.45) is 3.75. The van der Waals surface area contributed by atoms with Crippen LogP contribution in [-0.2, 0) is 12.4 Å². The summed E-state index contributed by atoms with van der Waals surface area (Å²) in [4.78, 5) is 4.50. The van der Waals surface area contributed by atoms with E-state index in [4.69, 9.17) is 11.6 Å². The minimum absolute atomic E-state index is 0.462. The molecule has 2 heterocycles. The van der Waals surface area contributed by atoms with E-state index in [1.807, 2.05) is 22.3 Å². The lowest BCUT2D eigenvalue weighted by atomic mass is 10.1. The molecule has 5 heteroatoms. The van der Waals surface area contributed by atoms with Gasteiger partial charge in [0.15, 0.2) is 0 Å². The molecule has 0 aliphatic rings. The van der Waals surface area contributed by atoms with E-state index < -0.39 is 0 Å². The number of hydrogen-bond donors (Lipinski definition) is 0. The van der Waals surface area contributed by atoms with Gasteiger partial charge >= 0.3 is 0 Å². The maximum atomic E-state index is 5.79. The van der Waals surface area contributed by atoms with Gasteiger partial charge in [-0.2, -0.15) is 5.10 Å². The Morgan fingerprint density at radius 1 is 1.26 bits per heavy atom. The largest absolute Gasteiger partial charge is 0.268 e. The van der Waals surface area contributed by atoms with E-state index in [2.05, 4.69) is 34.3 Å². The van der Waals surface area contributed by atoms with E-state index in [-0.39, 0.29) is 0 Å². The standard InChI is InChI=1S/C14H12ClN3S/c15-8-13-10-19-14(17-13)12-4-1-3-11(7-12)9-18-6-2-5-16-18/h1-7,10H,8-9H2. The molecule has 96 valence electrons. The molecule has 19 heavy (non-hydrogen) atoms. The zero-order valence-electron chi connectivity index (χ0n) is 10.2. The quantitative estimate of drug-likeness (QED) is 0.684. The van der Waals surface area contributed by atoms with E-state index in [0.29, 0.717) is 5.88 Å². The van der Waals surface area contributed by atoms with Crippen molar-refractivity contribution in [1.82, 2.24) is 14.8 Å². The average molecular weight is 290 g/mol. The normalized spacial score (nSPS) is 10.8. The number of thiazole rings is 1. The van der Waals surface area contributed by atoms with Gasteiger partial charge in [0.1, 0.15) is 5.01 Å². The van der Waals surface area contributed by atoms with Crippen molar-refractivity contribution in [3.05, 3.63) is 59.4 Å². The van der Waals surface area contributed by atoms with Crippen LogP contribution in [0.3, 0.4) is 0 Å². The highest BCUT2D eigenvalue weighted by atomic mass is 35.5. The molecule has 0 aliphatic heterocycles. The number of hydrogen-bond acceptors (Lipinski definition) is 3. The topological polar surface area (TPSA) is 30.7 Å². The summed E-state index contributed by atoms with van der Waals surface area (Å²) in [6, 6.07) is 10.3. The Labute approximate surface area is 120 Å². The number of aromatic nitrogens is 3. The molecule has 0 atom stereocenters. The van der Waals surface area contributed by atoms with Crippen molar-refractivity contribution in [2.45, 2.75) is 12.4 Å². The summed E-state index contributed by atoms with van der Waals surface area (Å²) in [5.74, 6) is 0.462. The Bertz CT molecular complexity index is 661. The van der Waals surface area contributed by atoms with Crippen molar-refractivity contribution in [3.8, 4) is 10.6 Å². The molecule has 3 nitrogen and oxygen atoms in total. The summed E-state index contributed by atoms with van der Waals surface area (Å²) >= 11 is 7.41. The van der Waals surface area contributed by atoms with Crippen molar-refractivity contribution >= 4 is 22.9 Å². The number of alkyl halides is 1. The second kappa shape index (κ2) is 5.55. The van der Waals surface area contributed by atoms with Gasteiger partial charge in [0.25, 0.3) is 0 Å². The molecule has 0 bridgehead atoms. The Morgan fingerprint density at radius 3 is 2.95 bits per heavy atom. The first kappa shape index (κ1) is 12.4. The van der Waals surface area contributed by atoms with Crippen molar-refractivity contribution in [2.75, 3.05) is 0 Å². The van der Waals surface area contributed by atoms with Crippen molar-refractivity contribution in [1.29, 1.82) is 0 Å². The van der Waals surface area contributed by atoms with Crippen LogP contribution < -0.4 is 0 Å². The van der Waals surface area contributed by atoms with E-state index in [1.54, 1.807) is 17.5 Å². The van der Waals surface area contributed by atoms with Gasteiger partial charge in [-0.25, -0.2) is 4.98 Å². The summed E-state index contributed by atoms with van der Waals surface area (Å²) in [5, 5.41) is 7.23. The zero-order chi connectivity index (χ0) is 13.1. The minimum Gasteiger partial charge on any atom is -0.268 e. The molecule has 0 amide bonds. The Morgan fingerprint density at radius 2 is 2.21 bits per heavy atom. The van der Waals surface area contributed by atoms with Gasteiger partial charge < -0.3 is 0 Å². The summed E-state index contributed by atoms with van der Waals surface area (Å²) in [5.41, 5.74) is 3.27. The SMILES string of the molecule is ClCc1csc(-c2cccc(Cn3cccn3)c2)n1. The Balaban J connectivity index is 1.87. The third-order valence-corrected chi connectivity index (χ3v) is 3.98. The lowest BCUT2D eigenvalue weighted by Gasteiger charge is -2.04. The van der Waals surface area contributed by atoms with Crippen LogP contribution in [0.5, 0.6) is 0 Å². The highest BCUT2D eigenvalue weighted by molar-refractivity contribution is 7.13. The van der Waals surface area contributed by atoms with Crippen LogP contribution in [0.2, 0.25) is 0 Å². The molecule has 3 aromatic rings. The molecule has 0 spiro atoms.